The summed E-state index contributed by atoms with van der Waals surface area (Å²) < 4.78 is 7.02. The van der Waals surface area contributed by atoms with Crippen LogP contribution in [-0.4, -0.2) is 15.0 Å². The summed E-state index contributed by atoms with van der Waals surface area (Å²) in [7, 11) is 0. The van der Waals surface area contributed by atoms with Crippen molar-refractivity contribution in [2.75, 3.05) is 0 Å². The molecule has 0 atom stereocenters. The van der Waals surface area contributed by atoms with Crippen molar-refractivity contribution in [2.24, 2.45) is 0 Å². The number of hydrogen-bond acceptors (Lipinski definition) is 5. The number of rotatable bonds is 4. The number of thiophene rings is 1. The summed E-state index contributed by atoms with van der Waals surface area (Å²) in [5, 5.41) is 3.72. The highest BCUT2D eigenvalue weighted by Gasteiger charge is 2.18. The van der Waals surface area contributed by atoms with Gasteiger partial charge in [0.2, 0.25) is 0 Å². The van der Waals surface area contributed by atoms with Gasteiger partial charge in [-0.3, -0.25) is 0 Å². The number of para-hydroxylation sites is 2. The Bertz CT molecular complexity index is 2590. The molecule has 0 fully saturated rings. The molecule has 0 bridgehead atoms. The SMILES string of the molecule is Cc1cc(-c2nc(-c3ccccc3)nc(-c3ccc(C4=CCCC=C4)cc3)n2)cc2c3c(sc12)C=CCC3.c1ccc2c(c1)oc1ccccc12. The van der Waals surface area contributed by atoms with E-state index >= 15 is 0 Å². The number of furan rings is 1. The molecule has 2 aliphatic carbocycles. The average Bonchev–Trinajstić information content (AvgIpc) is 3.78. The van der Waals surface area contributed by atoms with Gasteiger partial charge in [-0.25, -0.2) is 15.0 Å². The van der Waals surface area contributed by atoms with Crippen molar-refractivity contribution in [2.45, 2.75) is 32.6 Å². The van der Waals surface area contributed by atoms with Gasteiger partial charge in [0.15, 0.2) is 17.5 Å². The second-order valence-electron chi connectivity index (χ2n) is 13.0. The van der Waals surface area contributed by atoms with Crippen molar-refractivity contribution in [3.8, 4) is 34.2 Å². The van der Waals surface area contributed by atoms with Crippen molar-refractivity contribution >= 4 is 55.0 Å². The Morgan fingerprint density at radius 3 is 1.84 bits per heavy atom. The Morgan fingerprint density at radius 2 is 1.16 bits per heavy atom. The second-order valence-corrected chi connectivity index (χ2v) is 14.1. The lowest BCUT2D eigenvalue weighted by Crippen LogP contribution is -2.00. The molecule has 0 spiro atoms. The minimum atomic E-state index is 0.695. The first-order valence-corrected chi connectivity index (χ1v) is 18.4. The van der Waals surface area contributed by atoms with Crippen LogP contribution in [0.15, 0.2) is 144 Å². The molecule has 10 rings (SSSR count). The Hall–Kier alpha value is -5.91. The van der Waals surface area contributed by atoms with E-state index in [9.17, 15) is 0 Å². The molecule has 246 valence electrons. The minimum Gasteiger partial charge on any atom is -0.456 e. The minimum absolute atomic E-state index is 0.695. The molecule has 5 heteroatoms. The molecular formula is C46H35N3OS. The van der Waals surface area contributed by atoms with Crippen LogP contribution in [-0.2, 0) is 6.42 Å². The van der Waals surface area contributed by atoms with Gasteiger partial charge in [0, 0.05) is 37.0 Å². The zero-order valence-corrected chi connectivity index (χ0v) is 29.2. The lowest BCUT2D eigenvalue weighted by molar-refractivity contribution is 0.669. The number of hydrogen-bond donors (Lipinski definition) is 0. The van der Waals surface area contributed by atoms with Gasteiger partial charge in [-0.1, -0.05) is 115 Å². The van der Waals surface area contributed by atoms with E-state index < -0.39 is 0 Å². The fourth-order valence-electron chi connectivity index (χ4n) is 7.04. The van der Waals surface area contributed by atoms with Crippen molar-refractivity contribution in [1.29, 1.82) is 0 Å². The number of aryl methyl sites for hydroxylation is 2. The fourth-order valence-corrected chi connectivity index (χ4v) is 8.27. The van der Waals surface area contributed by atoms with E-state index in [0.717, 1.165) is 53.5 Å². The van der Waals surface area contributed by atoms with Gasteiger partial charge < -0.3 is 4.42 Å². The first-order chi connectivity index (χ1) is 25.2. The van der Waals surface area contributed by atoms with Crippen LogP contribution >= 0.6 is 11.3 Å². The van der Waals surface area contributed by atoms with E-state index in [2.05, 4.69) is 98.0 Å². The smallest absolute Gasteiger partial charge is 0.164 e. The second kappa shape index (κ2) is 13.4. The Kier molecular flexibility index (Phi) is 8.19. The predicted molar refractivity (Wildman–Crippen MR) is 214 cm³/mol. The van der Waals surface area contributed by atoms with Crippen LogP contribution in [0.4, 0.5) is 0 Å². The maximum atomic E-state index is 5.65. The predicted octanol–water partition coefficient (Wildman–Crippen LogP) is 12.7. The van der Waals surface area contributed by atoms with Gasteiger partial charge in [0.1, 0.15) is 11.2 Å². The monoisotopic (exact) mass is 677 g/mol. The molecule has 8 aromatic rings. The van der Waals surface area contributed by atoms with Gasteiger partial charge in [0.25, 0.3) is 0 Å². The molecule has 0 amide bonds. The third-order valence-corrected chi connectivity index (χ3v) is 11.0. The van der Waals surface area contributed by atoms with E-state index in [4.69, 9.17) is 19.4 Å². The Morgan fingerprint density at radius 1 is 0.549 bits per heavy atom. The van der Waals surface area contributed by atoms with Gasteiger partial charge in [0.05, 0.1) is 0 Å². The van der Waals surface area contributed by atoms with Crippen LogP contribution in [0.3, 0.4) is 0 Å². The molecule has 0 N–H and O–H groups in total. The quantitative estimate of drug-likeness (QED) is 0.186. The summed E-state index contributed by atoms with van der Waals surface area (Å²) in [4.78, 5) is 16.3. The van der Waals surface area contributed by atoms with Crippen LogP contribution in [0, 0.1) is 6.92 Å². The van der Waals surface area contributed by atoms with Crippen molar-refractivity contribution < 1.29 is 4.42 Å². The van der Waals surface area contributed by atoms with Crippen molar-refractivity contribution in [3.63, 3.8) is 0 Å². The molecule has 0 radical (unpaired) electrons. The standard InChI is InChI=1S/C34H27N3S.C12H8O/c1-22-20-27(21-29-28-14-8-9-15-30(28)38-31(22)29)34-36-32(25-12-6-3-7-13-25)35-33(37-34)26-18-16-24(17-19-26)23-10-4-2-5-11-23;1-3-7-11-9(5-1)10-6-2-4-8-12(10)13-11/h3-4,6-7,9-13,15-21H,2,5,8,14H2,1H3;1-8H. The number of benzene rings is 5. The van der Waals surface area contributed by atoms with Gasteiger partial charge >= 0.3 is 0 Å². The molecule has 0 saturated carbocycles. The summed E-state index contributed by atoms with van der Waals surface area (Å²) in [5.74, 6) is 2.11. The van der Waals surface area contributed by atoms with Gasteiger partial charge in [-0.05, 0) is 90.6 Å². The highest BCUT2D eigenvalue weighted by atomic mass is 32.1. The van der Waals surface area contributed by atoms with Crippen LogP contribution in [0.25, 0.3) is 77.8 Å². The maximum Gasteiger partial charge on any atom is 0.164 e. The zero-order valence-electron chi connectivity index (χ0n) is 28.3. The average molecular weight is 678 g/mol. The van der Waals surface area contributed by atoms with Crippen LogP contribution in [0.2, 0.25) is 0 Å². The molecule has 4 nitrogen and oxygen atoms in total. The molecule has 0 saturated heterocycles. The molecule has 3 aromatic heterocycles. The molecule has 0 unspecified atom stereocenters. The van der Waals surface area contributed by atoms with Crippen molar-refractivity contribution in [1.82, 2.24) is 15.0 Å². The Balaban J connectivity index is 0.000000223. The summed E-state index contributed by atoms with van der Waals surface area (Å²) in [6, 6.07) is 39.5. The molecule has 0 aliphatic heterocycles. The van der Waals surface area contributed by atoms with E-state index in [0.29, 0.717) is 17.5 Å². The van der Waals surface area contributed by atoms with Gasteiger partial charge in [-0.2, -0.15) is 0 Å². The summed E-state index contributed by atoms with van der Waals surface area (Å²) >= 11 is 1.89. The fraction of sp³-hybridized carbons (Fsp3) is 0.109. The zero-order chi connectivity index (χ0) is 34.1. The third-order valence-electron chi connectivity index (χ3n) is 9.62. The normalized spacial score (nSPS) is 13.6. The largest absolute Gasteiger partial charge is 0.456 e. The molecule has 3 heterocycles. The molecular weight excluding hydrogens is 643 g/mol. The molecule has 2 aliphatic rings. The summed E-state index contributed by atoms with van der Waals surface area (Å²) in [6.07, 6.45) is 15.7. The lowest BCUT2D eigenvalue weighted by Gasteiger charge is -2.11. The van der Waals surface area contributed by atoms with E-state index in [1.165, 1.54) is 48.0 Å². The number of aromatic nitrogens is 3. The van der Waals surface area contributed by atoms with Crippen molar-refractivity contribution in [3.05, 3.63) is 161 Å². The number of fused-ring (bicyclic) bond motifs is 6. The van der Waals surface area contributed by atoms with Gasteiger partial charge in [-0.15, -0.1) is 11.3 Å². The summed E-state index contributed by atoms with van der Waals surface area (Å²) in [5.41, 5.74) is 10.2. The third kappa shape index (κ3) is 6.11. The summed E-state index contributed by atoms with van der Waals surface area (Å²) in [6.45, 7) is 2.20. The van der Waals surface area contributed by atoms with Crippen LogP contribution in [0.1, 0.15) is 40.8 Å². The number of allylic oxidation sites excluding steroid dienone is 5. The number of nitrogens with zero attached hydrogens (tertiary/aromatic N) is 3. The lowest BCUT2D eigenvalue weighted by atomic mass is 9.98. The topological polar surface area (TPSA) is 51.8 Å². The molecule has 51 heavy (non-hydrogen) atoms. The maximum absolute atomic E-state index is 5.65. The Labute approximate surface area is 301 Å². The highest BCUT2D eigenvalue weighted by Crippen LogP contribution is 2.40. The first kappa shape index (κ1) is 31.1. The van der Waals surface area contributed by atoms with E-state index in [1.54, 1.807) is 0 Å². The van der Waals surface area contributed by atoms with E-state index in [1.807, 2.05) is 65.9 Å². The van der Waals surface area contributed by atoms with Crippen LogP contribution < -0.4 is 0 Å². The van der Waals surface area contributed by atoms with Crippen LogP contribution in [0.5, 0.6) is 0 Å². The molecule has 5 aromatic carbocycles. The first-order valence-electron chi connectivity index (χ1n) is 17.6. The highest BCUT2D eigenvalue weighted by molar-refractivity contribution is 7.20. The van der Waals surface area contributed by atoms with E-state index in [-0.39, 0.29) is 0 Å².